The lowest BCUT2D eigenvalue weighted by molar-refractivity contribution is -0.121. The number of amides is 1. The number of halogens is 2. The minimum absolute atomic E-state index is 0. The van der Waals surface area contributed by atoms with Crippen molar-refractivity contribution in [3.63, 3.8) is 0 Å². The first-order valence-electron chi connectivity index (χ1n) is 4.38. The van der Waals surface area contributed by atoms with Gasteiger partial charge in [0.05, 0.1) is 5.92 Å². The maximum Gasteiger partial charge on any atom is 0.231 e. The molecule has 7 heteroatoms. The lowest BCUT2D eigenvalue weighted by Gasteiger charge is -2.25. The first-order valence-corrected chi connectivity index (χ1v) is 5.17. The van der Waals surface area contributed by atoms with Gasteiger partial charge in [-0.1, -0.05) is 0 Å². The monoisotopic (exact) mass is 294 g/mol. The van der Waals surface area contributed by atoms with Crippen LogP contribution in [-0.4, -0.2) is 28.8 Å². The Bertz CT molecular complexity index is 344. The van der Waals surface area contributed by atoms with Crippen molar-refractivity contribution in [3.8, 4) is 0 Å². The summed E-state index contributed by atoms with van der Waals surface area (Å²) >= 11 is 3.31. The molecule has 1 saturated heterocycles. The quantitative estimate of drug-likeness (QED) is 0.847. The van der Waals surface area contributed by atoms with Gasteiger partial charge in [-0.3, -0.25) is 9.48 Å². The summed E-state index contributed by atoms with van der Waals surface area (Å²) < 4.78 is 2.51. The van der Waals surface area contributed by atoms with E-state index in [4.69, 9.17) is 0 Å². The molecule has 2 N–H and O–H groups in total. The number of hydrogen-bond donors (Lipinski definition) is 2. The Balaban J connectivity index is 0.00000112. The Hall–Kier alpha value is -0.590. The summed E-state index contributed by atoms with van der Waals surface area (Å²) in [6.07, 6.45) is 0. The zero-order valence-corrected chi connectivity index (χ0v) is 10.6. The van der Waals surface area contributed by atoms with Gasteiger partial charge in [-0.2, -0.15) is 5.10 Å². The van der Waals surface area contributed by atoms with Crippen LogP contribution < -0.4 is 10.6 Å². The molecule has 5 nitrogen and oxygen atoms in total. The number of hydrogen-bond acceptors (Lipinski definition) is 3. The summed E-state index contributed by atoms with van der Waals surface area (Å²) in [6, 6.07) is 1.78. The van der Waals surface area contributed by atoms with Crippen LogP contribution in [0.3, 0.4) is 0 Å². The van der Waals surface area contributed by atoms with Gasteiger partial charge in [0.1, 0.15) is 4.60 Å². The number of nitrogens with zero attached hydrogens (tertiary/aromatic N) is 2. The summed E-state index contributed by atoms with van der Waals surface area (Å²) in [7, 11) is 1.81. The fraction of sp³-hybridized carbons (Fsp3) is 0.500. The van der Waals surface area contributed by atoms with Gasteiger partial charge in [-0.25, -0.2) is 0 Å². The number of anilines is 1. The Morgan fingerprint density at radius 3 is 2.80 bits per heavy atom. The van der Waals surface area contributed by atoms with Gasteiger partial charge in [0.25, 0.3) is 0 Å². The zero-order chi connectivity index (χ0) is 10.1. The lowest BCUT2D eigenvalue weighted by Crippen LogP contribution is -2.48. The molecule has 1 aromatic heterocycles. The van der Waals surface area contributed by atoms with Gasteiger partial charge in [0, 0.05) is 26.2 Å². The average molecular weight is 296 g/mol. The van der Waals surface area contributed by atoms with E-state index < -0.39 is 0 Å². The number of nitrogens with one attached hydrogen (secondary N) is 2. The van der Waals surface area contributed by atoms with Crippen LogP contribution in [0.4, 0.5) is 5.82 Å². The van der Waals surface area contributed by atoms with Crippen molar-refractivity contribution in [2.75, 3.05) is 18.4 Å². The van der Waals surface area contributed by atoms with Crippen LogP contribution in [0, 0.1) is 5.92 Å². The molecule has 1 aliphatic rings. The molecule has 2 heterocycles. The maximum absolute atomic E-state index is 11.5. The Morgan fingerprint density at radius 1 is 1.73 bits per heavy atom. The van der Waals surface area contributed by atoms with E-state index in [1.807, 2.05) is 7.05 Å². The second kappa shape index (κ2) is 4.96. The Kier molecular flexibility index (Phi) is 4.12. The molecular formula is C8H12BrClN4O. The number of carbonyl (C=O) groups is 1. The average Bonchev–Trinajstić information content (AvgIpc) is 2.26. The second-order valence-electron chi connectivity index (χ2n) is 3.32. The number of carbonyl (C=O) groups excluding carboxylic acids is 1. The van der Waals surface area contributed by atoms with Crippen molar-refractivity contribution >= 4 is 40.1 Å². The van der Waals surface area contributed by atoms with E-state index in [2.05, 4.69) is 31.7 Å². The van der Waals surface area contributed by atoms with E-state index in [1.165, 1.54) is 0 Å². The maximum atomic E-state index is 11.5. The molecule has 0 unspecified atom stereocenters. The van der Waals surface area contributed by atoms with Crippen LogP contribution in [0.5, 0.6) is 0 Å². The van der Waals surface area contributed by atoms with Crippen LogP contribution in [0.15, 0.2) is 10.7 Å². The highest BCUT2D eigenvalue weighted by atomic mass is 79.9. The smallest absolute Gasteiger partial charge is 0.231 e. The van der Waals surface area contributed by atoms with Crippen molar-refractivity contribution in [2.24, 2.45) is 13.0 Å². The van der Waals surface area contributed by atoms with Gasteiger partial charge in [-0.05, 0) is 15.9 Å². The molecule has 1 aliphatic heterocycles. The molecule has 0 radical (unpaired) electrons. The topological polar surface area (TPSA) is 59.0 Å². The highest BCUT2D eigenvalue weighted by molar-refractivity contribution is 9.10. The SMILES string of the molecule is Cl.Cn1nc(NC(=O)C2CNC2)cc1Br. The van der Waals surface area contributed by atoms with Gasteiger partial charge < -0.3 is 10.6 Å². The number of aromatic nitrogens is 2. The largest absolute Gasteiger partial charge is 0.315 e. The summed E-state index contributed by atoms with van der Waals surface area (Å²) in [5.41, 5.74) is 0. The second-order valence-corrected chi connectivity index (χ2v) is 4.13. The Labute approximate surface area is 102 Å². The lowest BCUT2D eigenvalue weighted by atomic mass is 10.0. The highest BCUT2D eigenvalue weighted by Crippen LogP contribution is 2.15. The predicted octanol–water partition coefficient (Wildman–Crippen LogP) is 0.762. The van der Waals surface area contributed by atoms with Crippen molar-refractivity contribution < 1.29 is 4.79 Å². The van der Waals surface area contributed by atoms with E-state index >= 15 is 0 Å². The summed E-state index contributed by atoms with van der Waals surface area (Å²) in [5, 5.41) is 9.92. The van der Waals surface area contributed by atoms with Gasteiger partial charge in [-0.15, -0.1) is 12.4 Å². The molecule has 0 aliphatic carbocycles. The van der Waals surface area contributed by atoms with Crippen molar-refractivity contribution in [3.05, 3.63) is 10.7 Å². The standard InChI is InChI=1S/C8H11BrN4O.ClH/c1-13-6(9)2-7(12-13)11-8(14)5-3-10-4-5;/h2,5,10H,3-4H2,1H3,(H,11,12,14);1H. The minimum atomic E-state index is 0. The Morgan fingerprint density at radius 2 is 2.40 bits per heavy atom. The van der Waals surface area contributed by atoms with Gasteiger partial charge in [0.2, 0.25) is 5.91 Å². The predicted molar refractivity (Wildman–Crippen MR) is 63.1 cm³/mol. The highest BCUT2D eigenvalue weighted by Gasteiger charge is 2.25. The van der Waals surface area contributed by atoms with E-state index in [1.54, 1.807) is 10.7 Å². The summed E-state index contributed by atoms with van der Waals surface area (Å²) in [4.78, 5) is 11.5. The first-order chi connectivity index (χ1) is 6.66. The molecule has 0 atom stereocenters. The molecule has 0 saturated carbocycles. The van der Waals surface area contributed by atoms with Crippen molar-refractivity contribution in [1.82, 2.24) is 15.1 Å². The molecular weight excluding hydrogens is 283 g/mol. The van der Waals surface area contributed by atoms with Crippen LogP contribution in [0.25, 0.3) is 0 Å². The van der Waals surface area contributed by atoms with Crippen LogP contribution in [0.2, 0.25) is 0 Å². The fourth-order valence-electron chi connectivity index (χ4n) is 1.21. The van der Waals surface area contributed by atoms with Gasteiger partial charge >= 0.3 is 0 Å². The minimum Gasteiger partial charge on any atom is -0.315 e. The molecule has 15 heavy (non-hydrogen) atoms. The molecule has 2 rings (SSSR count). The normalized spacial score (nSPS) is 15.3. The molecule has 1 fully saturated rings. The third-order valence-corrected chi connectivity index (χ3v) is 2.97. The molecule has 1 aromatic rings. The van der Waals surface area contributed by atoms with Gasteiger partial charge in [0.15, 0.2) is 5.82 Å². The zero-order valence-electron chi connectivity index (χ0n) is 8.16. The van der Waals surface area contributed by atoms with Crippen molar-refractivity contribution in [1.29, 1.82) is 0 Å². The van der Waals surface area contributed by atoms with Crippen LogP contribution >= 0.6 is 28.3 Å². The molecule has 0 bridgehead atoms. The third-order valence-electron chi connectivity index (χ3n) is 2.23. The first kappa shape index (κ1) is 12.5. The van der Waals surface area contributed by atoms with Crippen LogP contribution in [-0.2, 0) is 11.8 Å². The van der Waals surface area contributed by atoms with E-state index in [9.17, 15) is 4.79 Å². The fourth-order valence-corrected chi connectivity index (χ4v) is 1.50. The third kappa shape index (κ3) is 2.70. The number of aryl methyl sites for hydroxylation is 1. The van der Waals surface area contributed by atoms with Crippen LogP contribution in [0.1, 0.15) is 0 Å². The van der Waals surface area contributed by atoms with Crippen molar-refractivity contribution in [2.45, 2.75) is 0 Å². The van der Waals surface area contributed by atoms with E-state index in [0.29, 0.717) is 5.82 Å². The molecule has 0 aromatic carbocycles. The molecule has 84 valence electrons. The molecule has 0 spiro atoms. The summed E-state index contributed by atoms with van der Waals surface area (Å²) in [6.45, 7) is 1.53. The summed E-state index contributed by atoms with van der Waals surface area (Å²) in [5.74, 6) is 0.724. The number of rotatable bonds is 2. The molecule has 1 amide bonds. The van der Waals surface area contributed by atoms with E-state index in [-0.39, 0.29) is 24.2 Å². The van der Waals surface area contributed by atoms with E-state index in [0.717, 1.165) is 17.7 Å².